The van der Waals surface area contributed by atoms with Gasteiger partial charge < -0.3 is 5.32 Å². The van der Waals surface area contributed by atoms with Crippen molar-refractivity contribution in [3.63, 3.8) is 0 Å². The van der Waals surface area contributed by atoms with Gasteiger partial charge in [0.2, 0.25) is 0 Å². The van der Waals surface area contributed by atoms with Crippen molar-refractivity contribution in [2.24, 2.45) is 5.41 Å². The predicted octanol–water partition coefficient (Wildman–Crippen LogP) is 2.25. The number of nitrogens with zero attached hydrogens (tertiary/aromatic N) is 1. The molecule has 0 aromatic rings. The molecule has 2 fully saturated rings. The lowest BCUT2D eigenvalue weighted by Crippen LogP contribution is -2.58. The summed E-state index contributed by atoms with van der Waals surface area (Å²) < 4.78 is 0. The molecule has 2 heterocycles. The van der Waals surface area contributed by atoms with Gasteiger partial charge in [0.15, 0.2) is 0 Å². The van der Waals surface area contributed by atoms with E-state index >= 15 is 0 Å². The summed E-state index contributed by atoms with van der Waals surface area (Å²) in [6.45, 7) is 10.9. The maximum Gasteiger partial charge on any atom is 0.0138 e. The van der Waals surface area contributed by atoms with Gasteiger partial charge in [0, 0.05) is 18.6 Å². The van der Waals surface area contributed by atoms with Crippen LogP contribution in [0.1, 0.15) is 46.5 Å². The summed E-state index contributed by atoms with van der Waals surface area (Å²) in [6, 6.07) is 1.47. The van der Waals surface area contributed by atoms with Crippen LogP contribution in [-0.4, -0.2) is 36.6 Å². The smallest absolute Gasteiger partial charge is 0.0138 e. The van der Waals surface area contributed by atoms with Crippen molar-refractivity contribution in [3.05, 3.63) is 0 Å². The molecule has 2 atom stereocenters. The number of hydrogen-bond donors (Lipinski definition) is 1. The van der Waals surface area contributed by atoms with Crippen molar-refractivity contribution in [3.8, 4) is 0 Å². The van der Waals surface area contributed by atoms with Crippen LogP contribution in [0.5, 0.6) is 0 Å². The van der Waals surface area contributed by atoms with Gasteiger partial charge in [-0.1, -0.05) is 0 Å². The lowest BCUT2D eigenvalue weighted by atomic mass is 9.69. The highest BCUT2D eigenvalue weighted by Gasteiger charge is 2.42. The van der Waals surface area contributed by atoms with Crippen LogP contribution in [-0.2, 0) is 0 Å². The van der Waals surface area contributed by atoms with E-state index < -0.39 is 0 Å². The van der Waals surface area contributed by atoms with Crippen LogP contribution in [0, 0.1) is 5.41 Å². The van der Waals surface area contributed by atoms with Crippen LogP contribution in [0.3, 0.4) is 0 Å². The number of piperidine rings is 2. The first kappa shape index (κ1) is 11.4. The fraction of sp³-hybridized carbons (Fsp3) is 1.00. The first-order valence-electron chi connectivity index (χ1n) is 6.62. The highest BCUT2D eigenvalue weighted by molar-refractivity contribution is 4.98. The third kappa shape index (κ3) is 2.07. The van der Waals surface area contributed by atoms with Gasteiger partial charge in [0.1, 0.15) is 0 Å². The summed E-state index contributed by atoms with van der Waals surface area (Å²) in [7, 11) is 0. The van der Waals surface area contributed by atoms with Gasteiger partial charge in [0.25, 0.3) is 0 Å². The normalized spacial score (nSPS) is 38.8. The molecule has 0 amide bonds. The van der Waals surface area contributed by atoms with E-state index in [-0.39, 0.29) is 0 Å². The summed E-state index contributed by atoms with van der Waals surface area (Å²) in [5, 5.41) is 3.61. The van der Waals surface area contributed by atoms with E-state index in [1.807, 2.05) is 0 Å². The largest absolute Gasteiger partial charge is 0.316 e. The van der Waals surface area contributed by atoms with Gasteiger partial charge in [0.05, 0.1) is 0 Å². The molecule has 0 radical (unpaired) electrons. The summed E-state index contributed by atoms with van der Waals surface area (Å²) in [4.78, 5) is 2.70. The van der Waals surface area contributed by atoms with Gasteiger partial charge >= 0.3 is 0 Å². The molecule has 2 unspecified atom stereocenters. The van der Waals surface area contributed by atoms with Crippen molar-refractivity contribution in [1.82, 2.24) is 10.2 Å². The molecule has 88 valence electrons. The molecule has 2 heteroatoms. The number of nitrogens with one attached hydrogen (secondary N) is 1. The Balaban J connectivity index is 2.10. The Kier molecular flexibility index (Phi) is 3.36. The van der Waals surface area contributed by atoms with E-state index in [9.17, 15) is 0 Å². The fourth-order valence-electron chi connectivity index (χ4n) is 3.63. The molecule has 2 aliphatic heterocycles. The van der Waals surface area contributed by atoms with Crippen molar-refractivity contribution in [2.75, 3.05) is 19.6 Å². The minimum absolute atomic E-state index is 0.584. The Labute approximate surface area is 94.4 Å². The van der Waals surface area contributed by atoms with Crippen molar-refractivity contribution < 1.29 is 0 Å². The summed E-state index contributed by atoms with van der Waals surface area (Å²) >= 11 is 0. The maximum absolute atomic E-state index is 3.61. The predicted molar refractivity (Wildman–Crippen MR) is 65.1 cm³/mol. The molecule has 1 N–H and O–H groups in total. The van der Waals surface area contributed by atoms with Gasteiger partial charge in [-0.25, -0.2) is 0 Å². The minimum atomic E-state index is 0.584. The average molecular weight is 210 g/mol. The first-order valence-corrected chi connectivity index (χ1v) is 6.62. The lowest BCUT2D eigenvalue weighted by molar-refractivity contribution is -0.0114. The molecular formula is C13H26N2. The molecule has 0 aromatic carbocycles. The second-order valence-corrected chi connectivity index (χ2v) is 5.75. The molecule has 15 heavy (non-hydrogen) atoms. The molecular weight excluding hydrogens is 184 g/mol. The van der Waals surface area contributed by atoms with Gasteiger partial charge in [-0.3, -0.25) is 4.90 Å². The average Bonchev–Trinajstić information content (AvgIpc) is 2.23. The Morgan fingerprint density at radius 3 is 2.60 bits per heavy atom. The summed E-state index contributed by atoms with van der Waals surface area (Å²) in [5.41, 5.74) is 0.584. The Morgan fingerprint density at radius 2 is 2.00 bits per heavy atom. The second kappa shape index (κ2) is 4.42. The van der Waals surface area contributed by atoms with E-state index in [1.165, 1.54) is 45.3 Å². The van der Waals surface area contributed by atoms with Gasteiger partial charge in [-0.15, -0.1) is 0 Å². The standard InChI is InChI=1S/C13H26N2/c1-11(2)15-9-5-7-13(12(15)3)6-4-8-14-10-13/h11-12,14H,4-10H2,1-3H3. The third-order valence-electron chi connectivity index (χ3n) is 4.64. The first-order chi connectivity index (χ1) is 7.16. The van der Waals surface area contributed by atoms with Gasteiger partial charge in [-0.05, 0) is 65.0 Å². The zero-order chi connectivity index (χ0) is 10.9. The highest BCUT2D eigenvalue weighted by Crippen LogP contribution is 2.41. The summed E-state index contributed by atoms with van der Waals surface area (Å²) in [5.74, 6) is 0. The van der Waals surface area contributed by atoms with Crippen LogP contribution < -0.4 is 5.32 Å². The monoisotopic (exact) mass is 210 g/mol. The third-order valence-corrected chi connectivity index (χ3v) is 4.64. The zero-order valence-electron chi connectivity index (χ0n) is 10.6. The number of likely N-dealkylation sites (tertiary alicyclic amines) is 1. The maximum atomic E-state index is 3.61. The number of hydrogen-bond acceptors (Lipinski definition) is 2. The molecule has 2 nitrogen and oxygen atoms in total. The molecule has 0 saturated carbocycles. The van der Waals surface area contributed by atoms with Crippen LogP contribution >= 0.6 is 0 Å². The van der Waals surface area contributed by atoms with E-state index in [0.717, 1.165) is 6.04 Å². The molecule has 0 aliphatic carbocycles. The Bertz CT molecular complexity index is 201. The molecule has 1 spiro atoms. The molecule has 2 saturated heterocycles. The van der Waals surface area contributed by atoms with Crippen molar-refractivity contribution in [1.29, 1.82) is 0 Å². The second-order valence-electron chi connectivity index (χ2n) is 5.75. The topological polar surface area (TPSA) is 15.3 Å². The highest BCUT2D eigenvalue weighted by atomic mass is 15.2. The molecule has 2 rings (SSSR count). The van der Waals surface area contributed by atoms with E-state index in [0.29, 0.717) is 11.5 Å². The Hall–Kier alpha value is -0.0800. The van der Waals surface area contributed by atoms with E-state index in [1.54, 1.807) is 0 Å². The molecule has 0 bridgehead atoms. The van der Waals surface area contributed by atoms with E-state index in [4.69, 9.17) is 0 Å². The Morgan fingerprint density at radius 1 is 1.27 bits per heavy atom. The number of rotatable bonds is 1. The quantitative estimate of drug-likeness (QED) is 0.714. The van der Waals surface area contributed by atoms with Crippen LogP contribution in [0.4, 0.5) is 0 Å². The zero-order valence-corrected chi connectivity index (χ0v) is 10.6. The molecule has 2 aliphatic rings. The van der Waals surface area contributed by atoms with Crippen LogP contribution in [0.15, 0.2) is 0 Å². The molecule has 0 aromatic heterocycles. The van der Waals surface area contributed by atoms with Gasteiger partial charge in [-0.2, -0.15) is 0 Å². The van der Waals surface area contributed by atoms with Crippen molar-refractivity contribution in [2.45, 2.75) is 58.5 Å². The lowest BCUT2D eigenvalue weighted by Gasteiger charge is -2.52. The van der Waals surface area contributed by atoms with Crippen LogP contribution in [0.2, 0.25) is 0 Å². The van der Waals surface area contributed by atoms with E-state index in [2.05, 4.69) is 31.0 Å². The van der Waals surface area contributed by atoms with Crippen molar-refractivity contribution >= 4 is 0 Å². The fourth-order valence-corrected chi connectivity index (χ4v) is 3.63. The minimum Gasteiger partial charge on any atom is -0.316 e. The SMILES string of the molecule is CC(C)N1CCCC2(CCCNC2)C1C. The summed E-state index contributed by atoms with van der Waals surface area (Å²) in [6.07, 6.45) is 5.63. The van der Waals surface area contributed by atoms with Crippen LogP contribution in [0.25, 0.3) is 0 Å².